The first-order chi connectivity index (χ1) is 7.86. The number of aliphatic hydroxyl groups is 1. The molecule has 1 aromatic heterocycles. The van der Waals surface area contributed by atoms with Crippen molar-refractivity contribution in [1.29, 1.82) is 0 Å². The molecular weight excluding hydrogens is 198 g/mol. The van der Waals surface area contributed by atoms with E-state index in [1.54, 1.807) is 18.5 Å². The molecule has 2 aromatic rings. The summed E-state index contributed by atoms with van der Waals surface area (Å²) in [7, 11) is 0. The van der Waals surface area contributed by atoms with Gasteiger partial charge in [0, 0.05) is 18.0 Å². The van der Waals surface area contributed by atoms with Crippen LogP contribution in [-0.4, -0.2) is 10.1 Å². The van der Waals surface area contributed by atoms with Crippen LogP contribution in [0.4, 0.5) is 0 Å². The molecule has 0 spiro atoms. The van der Waals surface area contributed by atoms with Crippen molar-refractivity contribution in [3.63, 3.8) is 0 Å². The zero-order valence-electron chi connectivity index (χ0n) is 8.82. The van der Waals surface area contributed by atoms with Crippen LogP contribution < -0.4 is 0 Å². The molecule has 0 saturated heterocycles. The highest BCUT2D eigenvalue weighted by Crippen LogP contribution is 2.14. The number of pyridine rings is 1. The van der Waals surface area contributed by atoms with Gasteiger partial charge < -0.3 is 5.11 Å². The molecule has 0 aliphatic heterocycles. The zero-order valence-corrected chi connectivity index (χ0v) is 8.82. The summed E-state index contributed by atoms with van der Waals surface area (Å²) in [6.45, 7) is 0. The zero-order chi connectivity index (χ0) is 11.2. The predicted octanol–water partition coefficient (Wildman–Crippen LogP) is 2.83. The quantitative estimate of drug-likeness (QED) is 0.846. The fourth-order valence-corrected chi connectivity index (χ4v) is 1.43. The van der Waals surface area contributed by atoms with Gasteiger partial charge in [0.05, 0.1) is 6.10 Å². The number of benzene rings is 1. The Morgan fingerprint density at radius 3 is 2.56 bits per heavy atom. The molecule has 16 heavy (non-hydrogen) atoms. The molecule has 1 N–H and O–H groups in total. The first-order valence-corrected chi connectivity index (χ1v) is 5.17. The fourth-order valence-electron chi connectivity index (χ4n) is 1.43. The summed E-state index contributed by atoms with van der Waals surface area (Å²) in [6.07, 6.45) is 6.41. The highest BCUT2D eigenvalue weighted by Gasteiger charge is 2.01. The summed E-state index contributed by atoms with van der Waals surface area (Å²) in [5, 5.41) is 9.86. The fraction of sp³-hybridized carbons (Fsp3) is 0.0714. The van der Waals surface area contributed by atoms with Gasteiger partial charge in [-0.2, -0.15) is 0 Å². The SMILES string of the molecule is OC(C=Cc1ccccc1)c1cccnc1. The van der Waals surface area contributed by atoms with Crippen LogP contribution in [0, 0.1) is 0 Å². The minimum atomic E-state index is -0.603. The van der Waals surface area contributed by atoms with Crippen LogP contribution in [0.15, 0.2) is 60.9 Å². The first kappa shape index (κ1) is 10.6. The van der Waals surface area contributed by atoms with Crippen molar-refractivity contribution < 1.29 is 5.11 Å². The molecule has 0 bridgehead atoms. The lowest BCUT2D eigenvalue weighted by Crippen LogP contribution is -1.92. The number of hydrogen-bond acceptors (Lipinski definition) is 2. The standard InChI is InChI=1S/C14H13NO/c16-14(13-7-4-10-15-11-13)9-8-12-5-2-1-3-6-12/h1-11,14,16H. The topological polar surface area (TPSA) is 33.1 Å². The first-order valence-electron chi connectivity index (χ1n) is 5.17. The second-order valence-corrected chi connectivity index (χ2v) is 3.50. The van der Waals surface area contributed by atoms with Crippen LogP contribution in [0.5, 0.6) is 0 Å². The third-order valence-electron chi connectivity index (χ3n) is 2.30. The van der Waals surface area contributed by atoms with E-state index >= 15 is 0 Å². The molecule has 2 rings (SSSR count). The minimum Gasteiger partial charge on any atom is -0.384 e. The Labute approximate surface area is 94.9 Å². The van der Waals surface area contributed by atoms with E-state index in [9.17, 15) is 5.11 Å². The molecule has 1 atom stereocenters. The van der Waals surface area contributed by atoms with E-state index in [-0.39, 0.29) is 0 Å². The molecule has 2 heteroatoms. The summed E-state index contributed by atoms with van der Waals surface area (Å²) >= 11 is 0. The second-order valence-electron chi connectivity index (χ2n) is 3.50. The number of aliphatic hydroxyl groups excluding tert-OH is 1. The Bertz CT molecular complexity index is 451. The van der Waals surface area contributed by atoms with Crippen LogP contribution in [0.2, 0.25) is 0 Å². The molecular formula is C14H13NO. The minimum absolute atomic E-state index is 0.603. The monoisotopic (exact) mass is 211 g/mol. The molecule has 80 valence electrons. The lowest BCUT2D eigenvalue weighted by atomic mass is 10.1. The Morgan fingerprint density at radius 1 is 1.06 bits per heavy atom. The van der Waals surface area contributed by atoms with Gasteiger partial charge in [-0.25, -0.2) is 0 Å². The van der Waals surface area contributed by atoms with Gasteiger partial charge in [-0.3, -0.25) is 4.98 Å². The molecule has 0 fully saturated rings. The molecule has 1 aromatic carbocycles. The van der Waals surface area contributed by atoms with Crippen molar-refractivity contribution in [3.8, 4) is 0 Å². The van der Waals surface area contributed by atoms with E-state index in [4.69, 9.17) is 0 Å². The Hall–Kier alpha value is -1.93. The molecule has 1 heterocycles. The predicted molar refractivity (Wildman–Crippen MR) is 64.7 cm³/mol. The highest BCUT2D eigenvalue weighted by atomic mass is 16.3. The largest absolute Gasteiger partial charge is 0.384 e. The number of aromatic nitrogens is 1. The van der Waals surface area contributed by atoms with Crippen LogP contribution in [0.25, 0.3) is 6.08 Å². The van der Waals surface area contributed by atoms with E-state index in [0.717, 1.165) is 11.1 Å². The van der Waals surface area contributed by atoms with Crippen molar-refractivity contribution in [2.24, 2.45) is 0 Å². The molecule has 1 unspecified atom stereocenters. The maximum Gasteiger partial charge on any atom is 0.0989 e. The molecule has 0 saturated carbocycles. The van der Waals surface area contributed by atoms with Crippen molar-refractivity contribution in [2.45, 2.75) is 6.10 Å². The number of rotatable bonds is 3. The normalized spacial score (nSPS) is 12.8. The van der Waals surface area contributed by atoms with Crippen molar-refractivity contribution in [1.82, 2.24) is 4.98 Å². The summed E-state index contributed by atoms with van der Waals surface area (Å²) < 4.78 is 0. The smallest absolute Gasteiger partial charge is 0.0989 e. The van der Waals surface area contributed by atoms with Gasteiger partial charge in [0.15, 0.2) is 0 Å². The van der Waals surface area contributed by atoms with Crippen molar-refractivity contribution in [3.05, 3.63) is 72.1 Å². The van der Waals surface area contributed by atoms with Crippen LogP contribution in [-0.2, 0) is 0 Å². The van der Waals surface area contributed by atoms with Crippen LogP contribution >= 0.6 is 0 Å². The third-order valence-corrected chi connectivity index (χ3v) is 2.30. The Balaban J connectivity index is 2.08. The van der Waals surface area contributed by atoms with E-state index in [1.807, 2.05) is 48.5 Å². The van der Waals surface area contributed by atoms with Crippen molar-refractivity contribution >= 4 is 6.08 Å². The second kappa shape index (κ2) is 5.24. The molecule has 2 nitrogen and oxygen atoms in total. The average molecular weight is 211 g/mol. The summed E-state index contributed by atoms with van der Waals surface area (Å²) in [5.41, 5.74) is 1.88. The maximum absolute atomic E-state index is 9.86. The van der Waals surface area contributed by atoms with Gasteiger partial charge in [0.1, 0.15) is 0 Å². The average Bonchev–Trinajstić information content (AvgIpc) is 2.38. The van der Waals surface area contributed by atoms with E-state index in [2.05, 4.69) is 4.98 Å². The lowest BCUT2D eigenvalue weighted by molar-refractivity contribution is 0.229. The molecule has 0 aliphatic carbocycles. The third kappa shape index (κ3) is 2.78. The van der Waals surface area contributed by atoms with Gasteiger partial charge in [-0.15, -0.1) is 0 Å². The van der Waals surface area contributed by atoms with Gasteiger partial charge in [0.2, 0.25) is 0 Å². The molecule has 0 amide bonds. The molecule has 0 radical (unpaired) electrons. The maximum atomic E-state index is 9.86. The van der Waals surface area contributed by atoms with Crippen molar-refractivity contribution in [2.75, 3.05) is 0 Å². The Morgan fingerprint density at radius 2 is 1.88 bits per heavy atom. The van der Waals surface area contributed by atoms with Gasteiger partial charge in [-0.05, 0) is 11.6 Å². The highest BCUT2D eigenvalue weighted by molar-refractivity contribution is 5.49. The summed E-state index contributed by atoms with van der Waals surface area (Å²) in [5.74, 6) is 0. The van der Waals surface area contributed by atoms with E-state index in [1.165, 1.54) is 0 Å². The van der Waals surface area contributed by atoms with E-state index < -0.39 is 6.10 Å². The van der Waals surface area contributed by atoms with Gasteiger partial charge in [0.25, 0.3) is 0 Å². The van der Waals surface area contributed by atoms with E-state index in [0.29, 0.717) is 0 Å². The lowest BCUT2D eigenvalue weighted by Gasteiger charge is -2.04. The van der Waals surface area contributed by atoms with Crippen LogP contribution in [0.3, 0.4) is 0 Å². The number of hydrogen-bond donors (Lipinski definition) is 1. The molecule has 0 aliphatic rings. The van der Waals surface area contributed by atoms with Crippen LogP contribution in [0.1, 0.15) is 17.2 Å². The Kier molecular flexibility index (Phi) is 3.46. The van der Waals surface area contributed by atoms with Gasteiger partial charge >= 0.3 is 0 Å². The summed E-state index contributed by atoms with van der Waals surface area (Å²) in [4.78, 5) is 3.97. The summed E-state index contributed by atoms with van der Waals surface area (Å²) in [6, 6.07) is 13.6. The number of nitrogens with zero attached hydrogens (tertiary/aromatic N) is 1. The van der Waals surface area contributed by atoms with Gasteiger partial charge in [-0.1, -0.05) is 48.6 Å².